The molecular formula is C17H18FNO2. The van der Waals surface area contributed by atoms with Gasteiger partial charge in [0.2, 0.25) is 0 Å². The second kappa shape index (κ2) is 6.88. The lowest BCUT2D eigenvalue weighted by Crippen LogP contribution is -2.39. The first kappa shape index (κ1) is 15.0. The number of anilines is 1. The second-order valence-corrected chi connectivity index (χ2v) is 4.70. The Bertz CT molecular complexity index is 583. The van der Waals surface area contributed by atoms with Crippen molar-refractivity contribution in [2.75, 3.05) is 11.9 Å². The molecule has 0 radical (unpaired) electrons. The van der Waals surface area contributed by atoms with Crippen molar-refractivity contribution < 1.29 is 13.9 Å². The van der Waals surface area contributed by atoms with Crippen LogP contribution in [-0.2, 0) is 4.79 Å². The summed E-state index contributed by atoms with van der Waals surface area (Å²) in [5, 5.41) is 0. The second-order valence-electron chi connectivity index (χ2n) is 4.70. The lowest BCUT2D eigenvalue weighted by Gasteiger charge is -2.24. The van der Waals surface area contributed by atoms with Gasteiger partial charge in [0.15, 0.2) is 6.10 Å². The number of likely N-dealkylation sites (N-methyl/N-ethyl adjacent to an activating group) is 1. The molecule has 1 atom stereocenters. The molecule has 21 heavy (non-hydrogen) atoms. The number of benzene rings is 2. The van der Waals surface area contributed by atoms with Crippen LogP contribution in [0.1, 0.15) is 13.3 Å². The van der Waals surface area contributed by atoms with Gasteiger partial charge in [-0.3, -0.25) is 4.79 Å². The first-order valence-corrected chi connectivity index (χ1v) is 6.86. The highest BCUT2D eigenvalue weighted by Crippen LogP contribution is 2.18. The number of ether oxygens (including phenoxy) is 1. The van der Waals surface area contributed by atoms with Gasteiger partial charge in [0.1, 0.15) is 11.6 Å². The summed E-state index contributed by atoms with van der Waals surface area (Å²) in [6, 6.07) is 15.0. The van der Waals surface area contributed by atoms with Gasteiger partial charge in [0.05, 0.1) is 0 Å². The van der Waals surface area contributed by atoms with E-state index in [4.69, 9.17) is 4.74 Å². The molecule has 0 aliphatic carbocycles. The standard InChI is InChI=1S/C17H18FNO2/c1-3-16(21-15-11-9-13(18)10-12-15)17(20)19(2)14-7-5-4-6-8-14/h4-12,16H,3H2,1-2H3/t16-/m1/s1. The highest BCUT2D eigenvalue weighted by Gasteiger charge is 2.23. The molecule has 0 unspecified atom stereocenters. The SMILES string of the molecule is CC[C@@H](Oc1ccc(F)cc1)C(=O)N(C)c1ccccc1. The van der Waals surface area contributed by atoms with Crippen molar-refractivity contribution in [1.29, 1.82) is 0 Å². The fraction of sp³-hybridized carbons (Fsp3) is 0.235. The third kappa shape index (κ3) is 3.81. The van der Waals surface area contributed by atoms with Crippen LogP contribution >= 0.6 is 0 Å². The molecule has 0 fully saturated rings. The van der Waals surface area contributed by atoms with Gasteiger partial charge in [-0.1, -0.05) is 25.1 Å². The Morgan fingerprint density at radius 1 is 1.14 bits per heavy atom. The Hall–Kier alpha value is -2.36. The summed E-state index contributed by atoms with van der Waals surface area (Å²) in [7, 11) is 1.72. The molecule has 0 spiro atoms. The maximum Gasteiger partial charge on any atom is 0.267 e. The van der Waals surface area contributed by atoms with E-state index in [1.165, 1.54) is 24.3 Å². The first-order chi connectivity index (χ1) is 10.1. The lowest BCUT2D eigenvalue weighted by molar-refractivity contribution is -0.125. The molecule has 0 aliphatic rings. The molecule has 2 rings (SSSR count). The van der Waals surface area contributed by atoms with E-state index in [2.05, 4.69) is 0 Å². The maximum absolute atomic E-state index is 12.9. The van der Waals surface area contributed by atoms with Gasteiger partial charge in [-0.25, -0.2) is 4.39 Å². The molecule has 4 heteroatoms. The van der Waals surface area contributed by atoms with Gasteiger partial charge < -0.3 is 9.64 Å². The molecule has 0 N–H and O–H groups in total. The molecule has 1 amide bonds. The highest BCUT2D eigenvalue weighted by molar-refractivity contribution is 5.96. The molecule has 0 bridgehead atoms. The van der Waals surface area contributed by atoms with Gasteiger partial charge >= 0.3 is 0 Å². The van der Waals surface area contributed by atoms with E-state index in [0.29, 0.717) is 12.2 Å². The molecule has 110 valence electrons. The average Bonchev–Trinajstić information content (AvgIpc) is 2.54. The van der Waals surface area contributed by atoms with Crippen molar-refractivity contribution in [2.45, 2.75) is 19.4 Å². The van der Waals surface area contributed by atoms with Gasteiger partial charge in [-0.15, -0.1) is 0 Å². The summed E-state index contributed by atoms with van der Waals surface area (Å²) in [4.78, 5) is 14.0. The predicted octanol–water partition coefficient (Wildman–Crippen LogP) is 3.65. The normalized spacial score (nSPS) is 11.8. The molecule has 0 saturated carbocycles. The Labute approximate surface area is 124 Å². The van der Waals surface area contributed by atoms with Crippen molar-refractivity contribution in [2.24, 2.45) is 0 Å². The predicted molar refractivity (Wildman–Crippen MR) is 81.0 cm³/mol. The maximum atomic E-state index is 12.9. The summed E-state index contributed by atoms with van der Waals surface area (Å²) in [5.41, 5.74) is 0.809. The minimum Gasteiger partial charge on any atom is -0.481 e. The number of hydrogen-bond donors (Lipinski definition) is 0. The van der Waals surface area contributed by atoms with Crippen LogP contribution in [0.2, 0.25) is 0 Å². The molecule has 2 aromatic carbocycles. The summed E-state index contributed by atoms with van der Waals surface area (Å²) in [6.45, 7) is 1.88. The van der Waals surface area contributed by atoms with Crippen LogP contribution < -0.4 is 9.64 Å². The van der Waals surface area contributed by atoms with Crippen molar-refractivity contribution in [1.82, 2.24) is 0 Å². The minimum atomic E-state index is -0.597. The first-order valence-electron chi connectivity index (χ1n) is 6.86. The number of carbonyl (C=O) groups is 1. The van der Waals surface area contributed by atoms with E-state index in [-0.39, 0.29) is 11.7 Å². The molecule has 0 aromatic heterocycles. The smallest absolute Gasteiger partial charge is 0.267 e. The number of halogens is 1. The topological polar surface area (TPSA) is 29.5 Å². The van der Waals surface area contributed by atoms with Gasteiger partial charge in [0.25, 0.3) is 5.91 Å². The van der Waals surface area contributed by atoms with Crippen molar-refractivity contribution in [3.8, 4) is 5.75 Å². The monoisotopic (exact) mass is 287 g/mol. The molecular weight excluding hydrogens is 269 g/mol. The highest BCUT2D eigenvalue weighted by atomic mass is 19.1. The zero-order chi connectivity index (χ0) is 15.2. The number of hydrogen-bond acceptors (Lipinski definition) is 2. The summed E-state index contributed by atoms with van der Waals surface area (Å²) >= 11 is 0. The van der Waals surface area contributed by atoms with Crippen LogP contribution in [-0.4, -0.2) is 19.1 Å². The van der Waals surface area contributed by atoms with E-state index in [0.717, 1.165) is 5.69 Å². The third-order valence-electron chi connectivity index (χ3n) is 3.21. The zero-order valence-corrected chi connectivity index (χ0v) is 12.1. The molecule has 0 aliphatic heterocycles. The Balaban J connectivity index is 2.09. The van der Waals surface area contributed by atoms with Crippen molar-refractivity contribution in [3.63, 3.8) is 0 Å². The van der Waals surface area contributed by atoms with Crippen molar-refractivity contribution in [3.05, 3.63) is 60.4 Å². The van der Waals surface area contributed by atoms with Crippen LogP contribution in [0.4, 0.5) is 10.1 Å². The third-order valence-corrected chi connectivity index (χ3v) is 3.21. The van der Waals surface area contributed by atoms with E-state index in [1.807, 2.05) is 37.3 Å². The van der Waals surface area contributed by atoms with Gasteiger partial charge in [0, 0.05) is 12.7 Å². The average molecular weight is 287 g/mol. The Kier molecular flexibility index (Phi) is 4.93. The van der Waals surface area contributed by atoms with Crippen LogP contribution in [0.5, 0.6) is 5.75 Å². The molecule has 0 heterocycles. The van der Waals surface area contributed by atoms with E-state index < -0.39 is 6.10 Å². The number of carbonyl (C=O) groups excluding carboxylic acids is 1. The van der Waals surface area contributed by atoms with E-state index in [1.54, 1.807) is 11.9 Å². The zero-order valence-electron chi connectivity index (χ0n) is 12.1. The Morgan fingerprint density at radius 3 is 2.33 bits per heavy atom. The van der Waals surface area contributed by atoms with Crippen LogP contribution in [0, 0.1) is 5.82 Å². The summed E-state index contributed by atoms with van der Waals surface area (Å²) in [5.74, 6) is 0.0224. The minimum absolute atomic E-state index is 0.131. The Morgan fingerprint density at radius 2 is 1.76 bits per heavy atom. The van der Waals surface area contributed by atoms with Crippen LogP contribution in [0.15, 0.2) is 54.6 Å². The van der Waals surface area contributed by atoms with Crippen molar-refractivity contribution >= 4 is 11.6 Å². The number of rotatable bonds is 5. The number of para-hydroxylation sites is 1. The molecule has 3 nitrogen and oxygen atoms in total. The molecule has 0 saturated heterocycles. The van der Waals surface area contributed by atoms with Crippen LogP contribution in [0.25, 0.3) is 0 Å². The molecule has 2 aromatic rings. The number of nitrogens with zero attached hydrogens (tertiary/aromatic N) is 1. The lowest BCUT2D eigenvalue weighted by atomic mass is 10.2. The quantitative estimate of drug-likeness (QED) is 0.840. The van der Waals surface area contributed by atoms with Gasteiger partial charge in [-0.05, 0) is 42.8 Å². The fourth-order valence-electron chi connectivity index (χ4n) is 1.98. The fourth-order valence-corrected chi connectivity index (χ4v) is 1.98. The number of amides is 1. The van der Waals surface area contributed by atoms with E-state index in [9.17, 15) is 9.18 Å². The van der Waals surface area contributed by atoms with Crippen LogP contribution in [0.3, 0.4) is 0 Å². The van der Waals surface area contributed by atoms with E-state index >= 15 is 0 Å². The largest absolute Gasteiger partial charge is 0.481 e. The van der Waals surface area contributed by atoms with Gasteiger partial charge in [-0.2, -0.15) is 0 Å². The summed E-state index contributed by atoms with van der Waals surface area (Å²) < 4.78 is 18.5. The summed E-state index contributed by atoms with van der Waals surface area (Å²) in [6.07, 6.45) is -0.0615.